The molecule has 4 N–H and O–H groups in total. The number of benzene rings is 1. The van der Waals surface area contributed by atoms with E-state index in [9.17, 15) is 24.0 Å². The molecule has 37 heavy (non-hydrogen) atoms. The van der Waals surface area contributed by atoms with Crippen molar-refractivity contribution in [2.75, 3.05) is 20.2 Å². The van der Waals surface area contributed by atoms with Crippen LogP contribution in [0.5, 0.6) is 0 Å². The van der Waals surface area contributed by atoms with E-state index < -0.39 is 47.5 Å². The zero-order valence-corrected chi connectivity index (χ0v) is 22.0. The van der Waals surface area contributed by atoms with Crippen molar-refractivity contribution in [1.82, 2.24) is 15.5 Å². The summed E-state index contributed by atoms with van der Waals surface area (Å²) in [5.74, 6) is 0.0663. The zero-order valence-electron chi connectivity index (χ0n) is 22.0. The van der Waals surface area contributed by atoms with Gasteiger partial charge in [0.25, 0.3) is 0 Å². The first kappa shape index (κ1) is 31.0. The van der Waals surface area contributed by atoms with Crippen LogP contribution in [-0.2, 0) is 28.7 Å². The molecule has 0 aliphatic carbocycles. The first-order valence-electron chi connectivity index (χ1n) is 11.8. The van der Waals surface area contributed by atoms with Gasteiger partial charge in [-0.05, 0) is 45.7 Å². The molecule has 2 atom stereocenters. The molecule has 0 radical (unpaired) electrons. The monoisotopic (exact) mass is 516 g/mol. The van der Waals surface area contributed by atoms with E-state index in [1.54, 1.807) is 52.0 Å². The van der Waals surface area contributed by atoms with E-state index >= 15 is 0 Å². The van der Waals surface area contributed by atoms with Gasteiger partial charge in [-0.25, -0.2) is 4.79 Å². The third-order valence-electron chi connectivity index (χ3n) is 5.00. The van der Waals surface area contributed by atoms with Crippen molar-refractivity contribution < 1.29 is 33.4 Å². The average molecular weight is 517 g/mol. The van der Waals surface area contributed by atoms with Crippen molar-refractivity contribution in [1.29, 1.82) is 0 Å². The summed E-state index contributed by atoms with van der Waals surface area (Å²) in [7, 11) is 1.37. The Labute approximate surface area is 217 Å². The van der Waals surface area contributed by atoms with Crippen molar-refractivity contribution in [2.24, 2.45) is 5.73 Å². The van der Waals surface area contributed by atoms with Gasteiger partial charge in [0.05, 0.1) is 13.0 Å². The van der Waals surface area contributed by atoms with Crippen LogP contribution in [0, 0.1) is 12.3 Å². The topological polar surface area (TPSA) is 157 Å². The zero-order chi connectivity index (χ0) is 28.2. The molecule has 0 saturated carbocycles. The van der Waals surface area contributed by atoms with E-state index in [1.807, 2.05) is 0 Å². The highest BCUT2D eigenvalue weighted by Crippen LogP contribution is 2.25. The maximum absolute atomic E-state index is 13.5. The predicted octanol–water partition coefficient (Wildman–Crippen LogP) is 1.40. The molecule has 0 saturated heterocycles. The van der Waals surface area contributed by atoms with E-state index in [1.165, 1.54) is 7.05 Å². The molecule has 202 valence electrons. The second-order valence-electron chi connectivity index (χ2n) is 9.13. The molecule has 4 amide bonds. The van der Waals surface area contributed by atoms with Crippen molar-refractivity contribution in [3.63, 3.8) is 0 Å². The minimum Gasteiger partial charge on any atom is -0.466 e. The number of nitrogens with one attached hydrogen (secondary N) is 2. The summed E-state index contributed by atoms with van der Waals surface area (Å²) in [5.41, 5.74) is 5.16. The summed E-state index contributed by atoms with van der Waals surface area (Å²) in [6.07, 6.45) is 4.38. The number of amides is 4. The lowest BCUT2D eigenvalue weighted by atomic mass is 9.97. The Balaban J connectivity index is 3.28. The first-order valence-corrected chi connectivity index (χ1v) is 11.8. The van der Waals surface area contributed by atoms with Gasteiger partial charge in [0.2, 0.25) is 17.7 Å². The number of nitrogens with zero attached hydrogens (tertiary/aromatic N) is 1. The lowest BCUT2D eigenvalue weighted by molar-refractivity contribution is -0.144. The maximum atomic E-state index is 13.5. The Morgan fingerprint density at radius 2 is 1.78 bits per heavy atom. The van der Waals surface area contributed by atoms with Crippen LogP contribution in [0.15, 0.2) is 24.3 Å². The smallest absolute Gasteiger partial charge is 0.408 e. The van der Waals surface area contributed by atoms with Gasteiger partial charge in [0.1, 0.15) is 17.7 Å². The molecule has 0 bridgehead atoms. The summed E-state index contributed by atoms with van der Waals surface area (Å²) in [6.45, 7) is 6.82. The molecule has 0 fully saturated rings. The van der Waals surface area contributed by atoms with Gasteiger partial charge in [-0.1, -0.05) is 24.1 Å². The summed E-state index contributed by atoms with van der Waals surface area (Å²) in [5, 5.41) is 5.09. The van der Waals surface area contributed by atoms with Crippen LogP contribution in [0.1, 0.15) is 64.1 Å². The number of likely N-dealkylation sites (N-methyl/N-ethyl adjacent to an activating group) is 1. The molecule has 0 aliphatic rings. The van der Waals surface area contributed by atoms with Crippen LogP contribution in [-0.4, -0.2) is 66.5 Å². The van der Waals surface area contributed by atoms with Gasteiger partial charge in [-0.2, -0.15) is 0 Å². The van der Waals surface area contributed by atoms with Crippen molar-refractivity contribution in [3.8, 4) is 12.3 Å². The van der Waals surface area contributed by atoms with E-state index in [2.05, 4.69) is 16.6 Å². The second-order valence-corrected chi connectivity index (χ2v) is 9.13. The van der Waals surface area contributed by atoms with Crippen molar-refractivity contribution in [2.45, 2.75) is 64.6 Å². The third kappa shape index (κ3) is 10.6. The molecule has 11 nitrogen and oxygen atoms in total. The van der Waals surface area contributed by atoms with Crippen LogP contribution >= 0.6 is 0 Å². The number of hydrogen-bond donors (Lipinski definition) is 3. The van der Waals surface area contributed by atoms with Gasteiger partial charge in [0.15, 0.2) is 0 Å². The highest BCUT2D eigenvalue weighted by atomic mass is 16.6. The largest absolute Gasteiger partial charge is 0.466 e. The van der Waals surface area contributed by atoms with Crippen LogP contribution in [0.4, 0.5) is 4.79 Å². The van der Waals surface area contributed by atoms with Crippen molar-refractivity contribution >= 4 is 29.8 Å². The summed E-state index contributed by atoms with van der Waals surface area (Å²) >= 11 is 0. The molecule has 0 spiro atoms. The standard InChI is InChI=1S/C26H36N4O7/c1-7-17-11-9-10-12-18(17)22(23(33)28-16-15-21(32)36-8-2)30(6)24(34)19(13-14-20(27)31)29-25(35)37-26(3,4)5/h1,9-12,19,22H,8,13-16H2,2-6H3,(H2,27,31)(H,28,33)(H,29,35). The molecule has 2 unspecified atom stereocenters. The van der Waals surface area contributed by atoms with E-state index in [4.69, 9.17) is 21.6 Å². The van der Waals surface area contributed by atoms with Crippen LogP contribution in [0.2, 0.25) is 0 Å². The number of primary amides is 1. The number of carbonyl (C=O) groups excluding carboxylic acids is 5. The number of hydrogen-bond acceptors (Lipinski definition) is 7. The number of rotatable bonds is 12. The Hall–Kier alpha value is -4.07. The van der Waals surface area contributed by atoms with Gasteiger partial charge in [-0.3, -0.25) is 19.2 Å². The molecular weight excluding hydrogens is 480 g/mol. The Kier molecular flexibility index (Phi) is 12.1. The van der Waals surface area contributed by atoms with Gasteiger partial charge in [0, 0.05) is 25.6 Å². The molecule has 1 rings (SSSR count). The van der Waals surface area contributed by atoms with Crippen LogP contribution in [0.25, 0.3) is 0 Å². The Morgan fingerprint density at radius 3 is 2.35 bits per heavy atom. The van der Waals surface area contributed by atoms with E-state index in [0.717, 1.165) is 4.90 Å². The Bertz CT molecular complexity index is 1030. The fourth-order valence-electron chi connectivity index (χ4n) is 3.38. The van der Waals surface area contributed by atoms with Crippen molar-refractivity contribution in [3.05, 3.63) is 35.4 Å². The molecule has 0 heterocycles. The van der Waals surface area contributed by atoms with Gasteiger partial charge < -0.3 is 30.7 Å². The quantitative estimate of drug-likeness (QED) is 0.280. The van der Waals surface area contributed by atoms with Crippen LogP contribution < -0.4 is 16.4 Å². The third-order valence-corrected chi connectivity index (χ3v) is 5.00. The number of esters is 1. The molecule has 11 heteroatoms. The minimum atomic E-state index is -1.22. The number of ether oxygens (including phenoxy) is 2. The molecule has 0 aromatic heterocycles. The maximum Gasteiger partial charge on any atom is 0.408 e. The van der Waals surface area contributed by atoms with Gasteiger partial charge >= 0.3 is 12.1 Å². The SMILES string of the molecule is C#Cc1ccccc1C(C(=O)NCCC(=O)OCC)N(C)C(=O)C(CCC(N)=O)NC(=O)OC(C)(C)C. The first-order chi connectivity index (χ1) is 17.3. The normalized spacial score (nSPS) is 12.3. The second kappa shape index (κ2) is 14.5. The summed E-state index contributed by atoms with van der Waals surface area (Å²) in [4.78, 5) is 63.4. The molecular formula is C26H36N4O7. The number of carbonyl (C=O) groups is 5. The number of nitrogens with two attached hydrogens (primary N) is 1. The molecule has 0 aliphatic heterocycles. The fourth-order valence-corrected chi connectivity index (χ4v) is 3.38. The summed E-state index contributed by atoms with van der Waals surface area (Å²) < 4.78 is 10.1. The number of alkyl carbamates (subject to hydrolysis) is 1. The Morgan fingerprint density at radius 1 is 1.14 bits per heavy atom. The fraction of sp³-hybridized carbons (Fsp3) is 0.500. The lowest BCUT2D eigenvalue weighted by Gasteiger charge is -2.32. The lowest BCUT2D eigenvalue weighted by Crippen LogP contribution is -2.52. The highest BCUT2D eigenvalue weighted by molar-refractivity contribution is 5.92. The predicted molar refractivity (Wildman–Crippen MR) is 136 cm³/mol. The van der Waals surface area contributed by atoms with Gasteiger partial charge in [-0.15, -0.1) is 6.42 Å². The number of terminal acetylenes is 1. The molecule has 1 aromatic carbocycles. The van der Waals surface area contributed by atoms with Crippen LogP contribution in [0.3, 0.4) is 0 Å². The van der Waals surface area contributed by atoms with E-state index in [-0.39, 0.29) is 32.4 Å². The average Bonchev–Trinajstić information content (AvgIpc) is 2.80. The van der Waals surface area contributed by atoms with E-state index in [0.29, 0.717) is 11.1 Å². The molecule has 1 aromatic rings. The highest BCUT2D eigenvalue weighted by Gasteiger charge is 2.35. The minimum absolute atomic E-state index is 0.0321. The summed E-state index contributed by atoms with van der Waals surface area (Å²) in [6, 6.07) is 4.15.